The van der Waals surface area contributed by atoms with Crippen molar-refractivity contribution in [3.05, 3.63) is 22.4 Å². The topological polar surface area (TPSA) is 21.3 Å². The smallest absolute Gasteiger partial charge is 0.0834 e. The fourth-order valence-electron chi connectivity index (χ4n) is 2.54. The molecule has 1 aromatic rings. The Hall–Kier alpha value is -0.380. The van der Waals surface area contributed by atoms with Crippen LogP contribution < -0.4 is 5.32 Å². The summed E-state index contributed by atoms with van der Waals surface area (Å²) in [4.78, 5) is 1.45. The Morgan fingerprint density at radius 2 is 2.38 bits per heavy atom. The second-order valence-electron chi connectivity index (χ2n) is 4.52. The molecule has 2 rings (SSSR count). The van der Waals surface area contributed by atoms with E-state index in [2.05, 4.69) is 29.8 Å². The molecular weight excluding hydrogens is 218 g/mol. The van der Waals surface area contributed by atoms with Crippen molar-refractivity contribution in [2.45, 2.75) is 44.2 Å². The van der Waals surface area contributed by atoms with Crippen LogP contribution in [0.2, 0.25) is 0 Å². The Labute approximate surface area is 102 Å². The van der Waals surface area contributed by atoms with E-state index in [1.807, 2.05) is 18.4 Å². The fourth-order valence-corrected chi connectivity index (χ4v) is 3.29. The lowest BCUT2D eigenvalue weighted by Gasteiger charge is -2.46. The number of hydrogen-bond acceptors (Lipinski definition) is 3. The monoisotopic (exact) mass is 239 g/mol. The zero-order valence-electron chi connectivity index (χ0n) is 10.2. The molecule has 1 N–H and O–H groups in total. The maximum absolute atomic E-state index is 5.78. The molecule has 2 nitrogen and oxygen atoms in total. The number of rotatable bonds is 6. The molecule has 90 valence electrons. The second-order valence-corrected chi connectivity index (χ2v) is 5.55. The third kappa shape index (κ3) is 2.31. The maximum atomic E-state index is 5.78. The SMILES string of the molecule is CCNC(Cc1cccs1)C1(OC)CCC1. The molecule has 16 heavy (non-hydrogen) atoms. The molecule has 1 atom stereocenters. The number of thiophene rings is 1. The van der Waals surface area contributed by atoms with E-state index in [1.54, 1.807) is 0 Å². The molecule has 0 aromatic carbocycles. The highest BCUT2D eigenvalue weighted by Gasteiger charge is 2.44. The lowest BCUT2D eigenvalue weighted by molar-refractivity contribution is -0.0976. The van der Waals surface area contributed by atoms with E-state index >= 15 is 0 Å². The van der Waals surface area contributed by atoms with Gasteiger partial charge in [-0.3, -0.25) is 0 Å². The molecule has 0 radical (unpaired) electrons. The summed E-state index contributed by atoms with van der Waals surface area (Å²) in [5, 5.41) is 5.75. The van der Waals surface area contributed by atoms with Crippen LogP contribution in [0.1, 0.15) is 31.1 Å². The van der Waals surface area contributed by atoms with Crippen LogP contribution in [0.5, 0.6) is 0 Å². The third-order valence-electron chi connectivity index (χ3n) is 3.68. The van der Waals surface area contributed by atoms with Crippen molar-refractivity contribution in [3.63, 3.8) is 0 Å². The Morgan fingerprint density at radius 1 is 1.56 bits per heavy atom. The van der Waals surface area contributed by atoms with Gasteiger partial charge in [-0.25, -0.2) is 0 Å². The van der Waals surface area contributed by atoms with Crippen LogP contribution in [-0.4, -0.2) is 25.3 Å². The Morgan fingerprint density at radius 3 is 2.81 bits per heavy atom. The summed E-state index contributed by atoms with van der Waals surface area (Å²) in [5.74, 6) is 0. The largest absolute Gasteiger partial charge is 0.377 e. The molecule has 1 saturated carbocycles. The van der Waals surface area contributed by atoms with Gasteiger partial charge < -0.3 is 10.1 Å². The molecule has 1 fully saturated rings. The summed E-state index contributed by atoms with van der Waals surface area (Å²) in [6, 6.07) is 4.82. The van der Waals surface area contributed by atoms with Crippen molar-refractivity contribution in [2.24, 2.45) is 0 Å². The van der Waals surface area contributed by atoms with Crippen molar-refractivity contribution in [1.29, 1.82) is 0 Å². The molecule has 0 aliphatic heterocycles. The average Bonchev–Trinajstić information content (AvgIpc) is 2.70. The van der Waals surface area contributed by atoms with Crippen LogP contribution >= 0.6 is 11.3 Å². The summed E-state index contributed by atoms with van der Waals surface area (Å²) in [7, 11) is 1.86. The summed E-state index contributed by atoms with van der Waals surface area (Å²) < 4.78 is 5.78. The molecular formula is C13H21NOS. The van der Waals surface area contributed by atoms with Gasteiger partial charge in [0.25, 0.3) is 0 Å². The van der Waals surface area contributed by atoms with E-state index in [4.69, 9.17) is 4.74 Å². The minimum Gasteiger partial charge on any atom is -0.377 e. The molecule has 0 saturated heterocycles. The predicted octanol–water partition coefficient (Wildman–Crippen LogP) is 2.84. The van der Waals surface area contributed by atoms with Gasteiger partial charge in [0.05, 0.1) is 5.60 Å². The molecule has 1 heterocycles. The maximum Gasteiger partial charge on any atom is 0.0834 e. The van der Waals surface area contributed by atoms with Crippen molar-refractivity contribution in [3.8, 4) is 0 Å². The van der Waals surface area contributed by atoms with Crippen molar-refractivity contribution in [1.82, 2.24) is 5.32 Å². The average molecular weight is 239 g/mol. The highest BCUT2D eigenvalue weighted by atomic mass is 32.1. The summed E-state index contributed by atoms with van der Waals surface area (Å²) >= 11 is 1.84. The molecule has 3 heteroatoms. The van der Waals surface area contributed by atoms with Crippen molar-refractivity contribution < 1.29 is 4.74 Å². The standard InChI is InChI=1S/C13H21NOS/c1-3-14-12(10-11-6-4-9-16-11)13(15-2)7-5-8-13/h4,6,9,12,14H,3,5,7-8,10H2,1-2H3. The molecule has 1 aliphatic rings. The van der Waals surface area contributed by atoms with E-state index in [9.17, 15) is 0 Å². The zero-order valence-corrected chi connectivity index (χ0v) is 11.0. The molecule has 1 unspecified atom stereocenters. The number of methoxy groups -OCH3 is 1. The Kier molecular flexibility index (Phi) is 4.00. The zero-order chi connectivity index (χ0) is 11.4. The van der Waals surface area contributed by atoms with Gasteiger partial charge in [-0.2, -0.15) is 0 Å². The van der Waals surface area contributed by atoms with Crippen molar-refractivity contribution >= 4 is 11.3 Å². The van der Waals surface area contributed by atoms with E-state index in [-0.39, 0.29) is 5.60 Å². The van der Waals surface area contributed by atoms with Gasteiger partial charge >= 0.3 is 0 Å². The molecule has 0 amide bonds. The van der Waals surface area contributed by atoms with E-state index in [1.165, 1.54) is 24.1 Å². The molecule has 1 aromatic heterocycles. The number of nitrogens with one attached hydrogen (secondary N) is 1. The summed E-state index contributed by atoms with van der Waals surface area (Å²) in [5.41, 5.74) is 0.0972. The van der Waals surface area contributed by atoms with Gasteiger partial charge in [0.2, 0.25) is 0 Å². The van der Waals surface area contributed by atoms with Gasteiger partial charge in [-0.1, -0.05) is 13.0 Å². The predicted molar refractivity (Wildman–Crippen MR) is 69.1 cm³/mol. The lowest BCUT2D eigenvalue weighted by Crippen LogP contribution is -2.57. The summed E-state index contributed by atoms with van der Waals surface area (Å²) in [6.45, 7) is 3.19. The van der Waals surface area contributed by atoms with E-state index < -0.39 is 0 Å². The fraction of sp³-hybridized carbons (Fsp3) is 0.692. The highest BCUT2D eigenvalue weighted by Crippen LogP contribution is 2.39. The molecule has 0 spiro atoms. The lowest BCUT2D eigenvalue weighted by atomic mass is 9.73. The van der Waals surface area contributed by atoms with E-state index in [0.29, 0.717) is 6.04 Å². The highest BCUT2D eigenvalue weighted by molar-refractivity contribution is 7.09. The summed E-state index contributed by atoms with van der Waals surface area (Å²) in [6.07, 6.45) is 4.80. The van der Waals surface area contributed by atoms with E-state index in [0.717, 1.165) is 13.0 Å². The minimum atomic E-state index is 0.0972. The molecule has 0 bridgehead atoms. The first-order valence-corrected chi connectivity index (χ1v) is 6.99. The van der Waals surface area contributed by atoms with Crippen molar-refractivity contribution in [2.75, 3.05) is 13.7 Å². The third-order valence-corrected chi connectivity index (χ3v) is 4.58. The van der Waals surface area contributed by atoms with Crippen LogP contribution in [0, 0.1) is 0 Å². The quantitative estimate of drug-likeness (QED) is 0.824. The van der Waals surface area contributed by atoms with Gasteiger partial charge in [-0.05, 0) is 43.7 Å². The Bertz CT molecular complexity index is 300. The first kappa shape index (κ1) is 12.1. The first-order valence-electron chi connectivity index (χ1n) is 6.11. The van der Waals surface area contributed by atoms with Crippen LogP contribution in [0.3, 0.4) is 0 Å². The van der Waals surface area contributed by atoms with Crippen LogP contribution in [0.25, 0.3) is 0 Å². The van der Waals surface area contributed by atoms with Gasteiger partial charge in [0.1, 0.15) is 0 Å². The van der Waals surface area contributed by atoms with Gasteiger partial charge in [-0.15, -0.1) is 11.3 Å². The van der Waals surface area contributed by atoms with Crippen LogP contribution in [0.4, 0.5) is 0 Å². The first-order chi connectivity index (χ1) is 7.80. The second kappa shape index (κ2) is 5.30. The van der Waals surface area contributed by atoms with Gasteiger partial charge in [0, 0.05) is 18.0 Å². The van der Waals surface area contributed by atoms with Crippen LogP contribution in [-0.2, 0) is 11.2 Å². The molecule has 1 aliphatic carbocycles. The Balaban J connectivity index is 2.04. The number of ether oxygens (including phenoxy) is 1. The van der Waals surface area contributed by atoms with Gasteiger partial charge in [0.15, 0.2) is 0 Å². The normalized spacial score (nSPS) is 20.4. The minimum absolute atomic E-state index is 0.0972. The number of likely N-dealkylation sites (N-methyl/N-ethyl adjacent to an activating group) is 1. The van der Waals surface area contributed by atoms with Crippen LogP contribution in [0.15, 0.2) is 17.5 Å². The number of hydrogen-bond donors (Lipinski definition) is 1.